The van der Waals surface area contributed by atoms with Gasteiger partial charge in [0.15, 0.2) is 0 Å². The lowest BCUT2D eigenvalue weighted by molar-refractivity contribution is -0.190. The number of ether oxygens (including phenoxy) is 2. The van der Waals surface area contributed by atoms with Crippen molar-refractivity contribution in [1.82, 2.24) is 9.88 Å². The summed E-state index contributed by atoms with van der Waals surface area (Å²) in [6.07, 6.45) is 5.25. The molecule has 148 valence electrons. The topological polar surface area (TPSA) is 89.0 Å². The van der Waals surface area contributed by atoms with Crippen LogP contribution in [0.3, 0.4) is 0 Å². The predicted molar refractivity (Wildman–Crippen MR) is 98.4 cm³/mol. The molecule has 2 aliphatic heterocycles. The van der Waals surface area contributed by atoms with Gasteiger partial charge in [0.2, 0.25) is 0 Å². The van der Waals surface area contributed by atoms with Gasteiger partial charge in [0.25, 0.3) is 5.91 Å². The van der Waals surface area contributed by atoms with Gasteiger partial charge >= 0.3 is 5.97 Å². The number of aliphatic hydroxyl groups excluding tert-OH is 1. The van der Waals surface area contributed by atoms with E-state index < -0.39 is 5.97 Å². The third kappa shape index (κ3) is 4.30. The fraction of sp³-hybridized carbons (Fsp3) is 0.650. The summed E-state index contributed by atoms with van der Waals surface area (Å²) >= 11 is 0. The third-order valence-electron chi connectivity index (χ3n) is 5.63. The van der Waals surface area contributed by atoms with Crippen molar-refractivity contribution in [3.8, 4) is 0 Å². The second kappa shape index (κ2) is 7.94. The average molecular weight is 376 g/mol. The zero-order chi connectivity index (χ0) is 19.6. The van der Waals surface area contributed by atoms with Crippen molar-refractivity contribution in [3.05, 3.63) is 29.6 Å². The van der Waals surface area contributed by atoms with E-state index in [-0.39, 0.29) is 29.3 Å². The zero-order valence-electron chi connectivity index (χ0n) is 16.2. The van der Waals surface area contributed by atoms with Crippen molar-refractivity contribution in [1.29, 1.82) is 0 Å². The van der Waals surface area contributed by atoms with Gasteiger partial charge in [-0.2, -0.15) is 0 Å². The Bertz CT molecular complexity index is 697. The van der Waals surface area contributed by atoms with Crippen LogP contribution in [0.1, 0.15) is 60.2 Å². The van der Waals surface area contributed by atoms with Gasteiger partial charge in [-0.25, -0.2) is 4.79 Å². The number of nitrogens with zero attached hydrogens (tertiary/aromatic N) is 2. The van der Waals surface area contributed by atoms with Crippen LogP contribution in [0.2, 0.25) is 0 Å². The first-order valence-electron chi connectivity index (χ1n) is 9.52. The molecule has 2 aliphatic rings. The number of carbonyl (C=O) groups excluding carboxylic acids is 2. The molecule has 1 N–H and O–H groups in total. The lowest BCUT2D eigenvalue weighted by atomic mass is 9.80. The highest BCUT2D eigenvalue weighted by molar-refractivity contribution is 5.97. The lowest BCUT2D eigenvalue weighted by Gasteiger charge is -2.48. The fourth-order valence-electron chi connectivity index (χ4n) is 4.01. The first-order valence-corrected chi connectivity index (χ1v) is 9.52. The summed E-state index contributed by atoms with van der Waals surface area (Å²) in [6, 6.07) is 1.52. The van der Waals surface area contributed by atoms with Crippen molar-refractivity contribution in [3.63, 3.8) is 0 Å². The first-order chi connectivity index (χ1) is 12.8. The SMILES string of the molecule is COC(=O)c1cncc(C(=O)N2CCC3(CC2)C[C@H](O)C[C@H](C(C)C)O3)c1. The summed E-state index contributed by atoms with van der Waals surface area (Å²) < 4.78 is 11.1. The molecule has 2 fully saturated rings. The smallest absolute Gasteiger partial charge is 0.339 e. The van der Waals surface area contributed by atoms with E-state index in [0.717, 1.165) is 0 Å². The Kier molecular flexibility index (Phi) is 5.81. The maximum absolute atomic E-state index is 12.8. The van der Waals surface area contributed by atoms with Gasteiger partial charge in [-0.3, -0.25) is 9.78 Å². The number of esters is 1. The number of likely N-dealkylation sites (tertiary alicyclic amines) is 1. The minimum atomic E-state index is -0.515. The summed E-state index contributed by atoms with van der Waals surface area (Å²) in [7, 11) is 1.30. The Morgan fingerprint density at radius 1 is 1.30 bits per heavy atom. The molecule has 0 unspecified atom stereocenters. The highest BCUT2D eigenvalue weighted by Gasteiger charge is 2.44. The largest absolute Gasteiger partial charge is 0.465 e. The molecule has 27 heavy (non-hydrogen) atoms. The second-order valence-electron chi connectivity index (χ2n) is 7.92. The Morgan fingerprint density at radius 2 is 1.96 bits per heavy atom. The summed E-state index contributed by atoms with van der Waals surface area (Å²) in [5, 5.41) is 10.3. The van der Waals surface area contributed by atoms with E-state index in [1.807, 2.05) is 0 Å². The summed E-state index contributed by atoms with van der Waals surface area (Å²) in [5.41, 5.74) is 0.282. The quantitative estimate of drug-likeness (QED) is 0.812. The van der Waals surface area contributed by atoms with Crippen LogP contribution in [0.25, 0.3) is 0 Å². The molecule has 2 atom stereocenters. The average Bonchev–Trinajstić information content (AvgIpc) is 2.67. The van der Waals surface area contributed by atoms with E-state index in [4.69, 9.17) is 4.74 Å². The van der Waals surface area contributed by atoms with Crippen molar-refractivity contribution in [2.24, 2.45) is 5.92 Å². The molecule has 0 bridgehead atoms. The molecule has 2 saturated heterocycles. The van der Waals surface area contributed by atoms with Crippen molar-refractivity contribution < 1.29 is 24.2 Å². The van der Waals surface area contributed by atoms with E-state index in [9.17, 15) is 14.7 Å². The molecule has 0 aromatic carbocycles. The molecule has 7 nitrogen and oxygen atoms in total. The molecule has 3 rings (SSSR count). The number of hydrogen-bond acceptors (Lipinski definition) is 6. The molecule has 1 amide bonds. The number of aliphatic hydroxyl groups is 1. The third-order valence-corrected chi connectivity index (χ3v) is 5.63. The van der Waals surface area contributed by atoms with Gasteiger partial charge in [0.1, 0.15) is 0 Å². The maximum atomic E-state index is 12.8. The van der Waals surface area contributed by atoms with Crippen LogP contribution in [0, 0.1) is 5.92 Å². The Hall–Kier alpha value is -1.99. The lowest BCUT2D eigenvalue weighted by Crippen LogP contribution is -2.54. The van der Waals surface area contributed by atoms with Gasteiger partial charge in [0.05, 0.1) is 36.0 Å². The number of rotatable bonds is 3. The molecule has 1 aromatic rings. The highest BCUT2D eigenvalue weighted by Crippen LogP contribution is 2.39. The molecule has 0 aliphatic carbocycles. The zero-order valence-corrected chi connectivity index (χ0v) is 16.2. The van der Waals surface area contributed by atoms with Crippen LogP contribution in [0.4, 0.5) is 0 Å². The predicted octanol–water partition coefficient (Wildman–Crippen LogP) is 2.04. The van der Waals surface area contributed by atoms with Gasteiger partial charge in [-0.1, -0.05) is 13.8 Å². The maximum Gasteiger partial charge on any atom is 0.339 e. The molecule has 7 heteroatoms. The summed E-state index contributed by atoms with van der Waals surface area (Å²) in [6.45, 7) is 5.32. The number of pyridine rings is 1. The number of aromatic nitrogens is 1. The molecular weight excluding hydrogens is 348 g/mol. The van der Waals surface area contributed by atoms with Gasteiger partial charge in [0, 0.05) is 31.9 Å². The van der Waals surface area contributed by atoms with Crippen molar-refractivity contribution in [2.75, 3.05) is 20.2 Å². The molecule has 0 saturated carbocycles. The summed E-state index contributed by atoms with van der Waals surface area (Å²) in [5.74, 6) is -0.317. The van der Waals surface area contributed by atoms with Crippen molar-refractivity contribution >= 4 is 11.9 Å². The van der Waals surface area contributed by atoms with Gasteiger partial charge in [-0.15, -0.1) is 0 Å². The van der Waals surface area contributed by atoms with Gasteiger partial charge < -0.3 is 19.5 Å². The van der Waals surface area contributed by atoms with E-state index in [1.165, 1.54) is 25.6 Å². The van der Waals surface area contributed by atoms with Crippen LogP contribution < -0.4 is 0 Å². The monoisotopic (exact) mass is 376 g/mol. The standard InChI is InChI=1S/C20H28N2O5/c1-13(2)17-9-16(23)10-20(27-17)4-6-22(7-5-20)18(24)14-8-15(12-21-11-14)19(25)26-3/h8,11-13,16-17,23H,4-7,9-10H2,1-3H3/t16-,17-/m1/s1. The molecule has 3 heterocycles. The van der Waals surface area contributed by atoms with Gasteiger partial charge in [-0.05, 0) is 31.2 Å². The van der Waals surface area contributed by atoms with Crippen LogP contribution >= 0.6 is 0 Å². The van der Waals surface area contributed by atoms with Crippen LogP contribution in [-0.2, 0) is 9.47 Å². The summed E-state index contributed by atoms with van der Waals surface area (Å²) in [4.78, 5) is 30.2. The Labute approximate surface area is 159 Å². The van der Waals surface area contributed by atoms with E-state index in [2.05, 4.69) is 23.6 Å². The molecule has 1 aromatic heterocycles. The number of hydrogen-bond donors (Lipinski definition) is 1. The van der Waals surface area contributed by atoms with E-state index in [0.29, 0.717) is 50.3 Å². The number of carbonyl (C=O) groups is 2. The Morgan fingerprint density at radius 3 is 2.59 bits per heavy atom. The van der Waals surface area contributed by atoms with Crippen LogP contribution in [-0.4, -0.2) is 64.9 Å². The van der Waals surface area contributed by atoms with E-state index >= 15 is 0 Å². The molecule has 1 spiro atoms. The second-order valence-corrected chi connectivity index (χ2v) is 7.92. The fourth-order valence-corrected chi connectivity index (χ4v) is 4.01. The number of amides is 1. The first kappa shape index (κ1) is 19.8. The normalized spacial score (nSPS) is 24.9. The number of piperidine rings is 1. The Balaban J connectivity index is 1.67. The minimum absolute atomic E-state index is 0.0527. The van der Waals surface area contributed by atoms with Crippen LogP contribution in [0.5, 0.6) is 0 Å². The highest BCUT2D eigenvalue weighted by atomic mass is 16.5. The molecule has 0 radical (unpaired) electrons. The molecular formula is C20H28N2O5. The minimum Gasteiger partial charge on any atom is -0.465 e. The van der Waals surface area contributed by atoms with E-state index in [1.54, 1.807) is 4.90 Å². The van der Waals surface area contributed by atoms with Crippen LogP contribution in [0.15, 0.2) is 18.5 Å². The van der Waals surface area contributed by atoms with Crippen molar-refractivity contribution in [2.45, 2.75) is 57.3 Å². The number of methoxy groups -OCH3 is 1.